The highest BCUT2D eigenvalue weighted by Gasteiger charge is 2.25. The van der Waals surface area contributed by atoms with Crippen molar-refractivity contribution in [2.24, 2.45) is 31.4 Å². The molecule has 0 fully saturated rings. The highest BCUT2D eigenvalue weighted by molar-refractivity contribution is 6.23. The maximum atomic E-state index is 6.19. The van der Waals surface area contributed by atoms with Gasteiger partial charge in [0.1, 0.15) is 11.7 Å². The van der Waals surface area contributed by atoms with Crippen molar-refractivity contribution in [2.75, 3.05) is 0 Å². The van der Waals surface area contributed by atoms with E-state index in [1.807, 2.05) is 12.1 Å². The van der Waals surface area contributed by atoms with Crippen molar-refractivity contribution < 1.29 is 0 Å². The number of hydrogen-bond acceptors (Lipinski definition) is 6. The van der Waals surface area contributed by atoms with Crippen LogP contribution in [-0.4, -0.2) is 38.5 Å². The van der Waals surface area contributed by atoms with Crippen molar-refractivity contribution in [1.29, 1.82) is 0 Å². The quantitative estimate of drug-likeness (QED) is 0.523. The summed E-state index contributed by atoms with van der Waals surface area (Å²) in [6, 6.07) is 12.3. The molecule has 0 aliphatic carbocycles. The van der Waals surface area contributed by atoms with Crippen LogP contribution in [0.2, 0.25) is 0 Å². The van der Waals surface area contributed by atoms with Gasteiger partial charge in [-0.25, -0.2) is 15.1 Å². The maximum absolute atomic E-state index is 6.19. The van der Waals surface area contributed by atoms with Gasteiger partial charge < -0.3 is 11.5 Å². The van der Waals surface area contributed by atoms with Crippen molar-refractivity contribution in [1.82, 2.24) is 15.2 Å². The second-order valence-electron chi connectivity index (χ2n) is 10.8. The van der Waals surface area contributed by atoms with Crippen LogP contribution in [0.25, 0.3) is 0 Å². The molecule has 0 bridgehead atoms. The fourth-order valence-corrected chi connectivity index (χ4v) is 4.01. The zero-order valence-electron chi connectivity index (χ0n) is 20.8. The predicted octanol–water partition coefficient (Wildman–Crippen LogP) is 3.99. The summed E-state index contributed by atoms with van der Waals surface area (Å²) in [5.41, 5.74) is 18.2. The van der Waals surface area contributed by atoms with Gasteiger partial charge in [0.15, 0.2) is 11.7 Å². The molecule has 5 N–H and O–H groups in total. The Morgan fingerprint density at radius 2 is 1.17 bits per heavy atom. The number of benzene rings is 2. The molecule has 2 aliphatic heterocycles. The van der Waals surface area contributed by atoms with Crippen molar-refractivity contribution in [3.05, 3.63) is 69.8 Å². The Bertz CT molecular complexity index is 1360. The molecule has 2 aliphatic rings. The molecular formula is C26H29N9. The molecule has 0 atom stereocenters. The third-order valence-corrected chi connectivity index (χ3v) is 6.14. The first kappa shape index (κ1) is 22.6. The number of aliphatic imine (C=N–C) groups is 4. The molecule has 9 heteroatoms. The van der Waals surface area contributed by atoms with Gasteiger partial charge in [-0.05, 0) is 34.1 Å². The van der Waals surface area contributed by atoms with Crippen LogP contribution >= 0.6 is 0 Å². The summed E-state index contributed by atoms with van der Waals surface area (Å²) in [6.45, 7) is 13.0. The summed E-state index contributed by atoms with van der Waals surface area (Å²) >= 11 is 0. The van der Waals surface area contributed by atoms with E-state index in [2.05, 4.69) is 101 Å². The van der Waals surface area contributed by atoms with Crippen LogP contribution in [0.4, 0.5) is 11.9 Å². The first-order chi connectivity index (χ1) is 16.4. The fourth-order valence-electron chi connectivity index (χ4n) is 4.01. The second kappa shape index (κ2) is 7.69. The fraction of sp³-hybridized carbons (Fsp3) is 0.308. The molecule has 0 radical (unpaired) electrons. The Kier molecular flexibility index (Phi) is 4.98. The minimum atomic E-state index is 0.00603. The Labute approximate surface area is 204 Å². The molecule has 9 nitrogen and oxygen atoms in total. The lowest BCUT2D eigenvalue weighted by atomic mass is 9.85. The van der Waals surface area contributed by atoms with Gasteiger partial charge in [-0.2, -0.15) is 15.0 Å². The van der Waals surface area contributed by atoms with Crippen molar-refractivity contribution >= 4 is 35.2 Å². The molecule has 2 aromatic carbocycles. The largest absolute Gasteiger partial charge is 0.383 e. The number of nitrogens with zero attached hydrogens (tertiary/aromatic N) is 6. The third-order valence-electron chi connectivity index (χ3n) is 6.14. The van der Waals surface area contributed by atoms with Crippen LogP contribution in [0.3, 0.4) is 0 Å². The van der Waals surface area contributed by atoms with E-state index in [1.54, 1.807) is 0 Å². The predicted molar refractivity (Wildman–Crippen MR) is 141 cm³/mol. The Hall–Kier alpha value is -4.14. The highest BCUT2D eigenvalue weighted by Crippen LogP contribution is 2.30. The molecule has 35 heavy (non-hydrogen) atoms. The highest BCUT2D eigenvalue weighted by atomic mass is 15.3. The maximum Gasteiger partial charge on any atom is 0.272 e. The number of hydrogen-bond donors (Lipinski definition) is 3. The smallest absolute Gasteiger partial charge is 0.272 e. The van der Waals surface area contributed by atoms with Crippen LogP contribution in [0.15, 0.2) is 56.4 Å². The number of H-pyrrole nitrogens is 1. The van der Waals surface area contributed by atoms with E-state index in [-0.39, 0.29) is 22.7 Å². The standard InChI is InChI=1S/C26H29N9/c1-25(2,3)13-7-9-15-17(11-13)19(27)29-21(15)31-23-33-24(35-34-23)32-22-16-10-8-14(26(4,5)6)12-18(16)20(28)30-22/h7-12H,1-6H3,(H5,27,28,29,30,31,32,33,34,35). The van der Waals surface area contributed by atoms with Crippen LogP contribution in [0.5, 0.6) is 0 Å². The number of amidine groups is 4. The molecule has 0 saturated carbocycles. The summed E-state index contributed by atoms with van der Waals surface area (Å²) in [4.78, 5) is 22.3. The first-order valence-corrected chi connectivity index (χ1v) is 11.5. The van der Waals surface area contributed by atoms with Gasteiger partial charge in [-0.15, -0.1) is 5.10 Å². The van der Waals surface area contributed by atoms with Crippen LogP contribution in [-0.2, 0) is 10.8 Å². The monoisotopic (exact) mass is 467 g/mol. The molecule has 5 rings (SSSR count). The Morgan fingerprint density at radius 3 is 1.66 bits per heavy atom. The van der Waals surface area contributed by atoms with E-state index >= 15 is 0 Å². The number of aromatic nitrogens is 3. The number of aromatic amines is 1. The summed E-state index contributed by atoms with van der Waals surface area (Å²) in [5, 5.41) is 6.98. The van der Waals surface area contributed by atoms with E-state index in [9.17, 15) is 0 Å². The molecule has 3 heterocycles. The van der Waals surface area contributed by atoms with Gasteiger partial charge in [0.25, 0.3) is 5.95 Å². The molecule has 0 unspecified atom stereocenters. The normalized spacial score (nSPS) is 17.5. The molecule has 0 saturated heterocycles. The number of nitrogens with two attached hydrogens (primary N) is 2. The zero-order chi connectivity index (χ0) is 25.1. The summed E-state index contributed by atoms with van der Waals surface area (Å²) < 4.78 is 0. The summed E-state index contributed by atoms with van der Waals surface area (Å²) in [5.74, 6) is 2.31. The van der Waals surface area contributed by atoms with Crippen LogP contribution < -0.4 is 11.5 Å². The van der Waals surface area contributed by atoms with Crippen LogP contribution in [0, 0.1) is 0 Å². The lowest BCUT2D eigenvalue weighted by Crippen LogP contribution is -2.15. The average molecular weight is 468 g/mol. The molecule has 3 aromatic rings. The van der Waals surface area contributed by atoms with Gasteiger partial charge in [-0.1, -0.05) is 65.8 Å². The van der Waals surface area contributed by atoms with Crippen LogP contribution in [0.1, 0.15) is 74.9 Å². The third kappa shape index (κ3) is 4.14. The molecule has 1 aromatic heterocycles. The van der Waals surface area contributed by atoms with E-state index < -0.39 is 0 Å². The Morgan fingerprint density at radius 1 is 0.686 bits per heavy atom. The Balaban J connectivity index is 1.44. The topological polar surface area (TPSA) is 143 Å². The van der Waals surface area contributed by atoms with Crippen molar-refractivity contribution in [3.63, 3.8) is 0 Å². The van der Waals surface area contributed by atoms with E-state index in [4.69, 9.17) is 11.5 Å². The summed E-state index contributed by atoms with van der Waals surface area (Å²) in [6.07, 6.45) is 0. The average Bonchev–Trinajstić information content (AvgIpc) is 3.44. The second-order valence-corrected chi connectivity index (χ2v) is 10.8. The number of nitrogens with one attached hydrogen (secondary N) is 1. The molecular weight excluding hydrogens is 438 g/mol. The minimum absolute atomic E-state index is 0.00603. The SMILES string of the molecule is CC(C)(C)c1ccc2c(c1)C(N)=N/C2=N\c1nc(/N=C2/N=C(N)c3cc(C(C)(C)C)ccc32)n[nH]1. The van der Waals surface area contributed by atoms with Gasteiger partial charge in [0.05, 0.1) is 0 Å². The van der Waals surface area contributed by atoms with Crippen molar-refractivity contribution in [3.8, 4) is 0 Å². The van der Waals surface area contributed by atoms with E-state index in [0.29, 0.717) is 23.3 Å². The van der Waals surface area contributed by atoms with Gasteiger partial charge in [0, 0.05) is 22.3 Å². The first-order valence-electron chi connectivity index (χ1n) is 11.5. The van der Waals surface area contributed by atoms with Gasteiger partial charge >= 0.3 is 0 Å². The van der Waals surface area contributed by atoms with E-state index in [0.717, 1.165) is 22.3 Å². The summed E-state index contributed by atoms with van der Waals surface area (Å²) in [7, 11) is 0. The lowest BCUT2D eigenvalue weighted by molar-refractivity contribution is 0.590. The van der Waals surface area contributed by atoms with Crippen molar-refractivity contribution in [2.45, 2.75) is 52.4 Å². The van der Waals surface area contributed by atoms with E-state index in [1.165, 1.54) is 11.1 Å². The lowest BCUT2D eigenvalue weighted by Gasteiger charge is -2.19. The number of rotatable bonds is 2. The molecule has 178 valence electrons. The van der Waals surface area contributed by atoms with Gasteiger partial charge in [0.2, 0.25) is 5.95 Å². The van der Waals surface area contributed by atoms with Gasteiger partial charge in [-0.3, -0.25) is 0 Å². The molecule has 0 spiro atoms. The zero-order valence-corrected chi connectivity index (χ0v) is 20.8. The molecule has 0 amide bonds. The number of fused-ring (bicyclic) bond motifs is 2. The minimum Gasteiger partial charge on any atom is -0.383 e.